The largest absolute Gasteiger partial charge is 0.677 e. The summed E-state index contributed by atoms with van der Waals surface area (Å²) in [7, 11) is 7.62. The van der Waals surface area contributed by atoms with Gasteiger partial charge in [-0.15, -0.1) is 13.1 Å². The van der Waals surface area contributed by atoms with Gasteiger partial charge in [0, 0.05) is 16.5 Å². The van der Waals surface area contributed by atoms with Gasteiger partial charge in [-0.05, 0) is 0 Å². The molecule has 0 aromatic rings. The van der Waals surface area contributed by atoms with Gasteiger partial charge in [0.1, 0.15) is 0 Å². The van der Waals surface area contributed by atoms with Crippen molar-refractivity contribution in [3.8, 4) is 0 Å². The molecule has 0 rings (SSSR count). The zero-order valence-corrected chi connectivity index (χ0v) is 10.1. The third-order valence-electron chi connectivity index (χ3n) is 0.488. The van der Waals surface area contributed by atoms with Crippen molar-refractivity contribution in [3.05, 3.63) is 11.5 Å². The van der Waals surface area contributed by atoms with Gasteiger partial charge in [-0.2, -0.15) is 0 Å². The van der Waals surface area contributed by atoms with E-state index in [2.05, 4.69) is 9.42 Å². The minimum absolute atomic E-state index is 0.510. The van der Waals surface area contributed by atoms with Crippen molar-refractivity contribution >= 4 is 31.0 Å². The Morgan fingerprint density at radius 2 is 1.90 bits per heavy atom. The molecule has 67 valence electrons. The smallest absolute Gasteiger partial charge is 0.0987 e. The van der Waals surface area contributed by atoms with Gasteiger partial charge >= 0.3 is 28.2 Å². The fourth-order valence-corrected chi connectivity index (χ4v) is 1.98. The van der Waals surface area contributed by atoms with E-state index in [1.54, 1.807) is 29.6 Å². The minimum atomic E-state index is 0.510. The van der Waals surface area contributed by atoms with Crippen LogP contribution >= 0.6 is 20.2 Å². The van der Waals surface area contributed by atoms with Crippen LogP contribution in [0.25, 0.3) is 11.5 Å². The van der Waals surface area contributed by atoms with Crippen molar-refractivity contribution in [2.24, 2.45) is 0 Å². The van der Waals surface area contributed by atoms with Crippen LogP contribution in [-0.4, -0.2) is 24.6 Å². The molecule has 0 aliphatic carbocycles. The molecule has 0 aromatic heterocycles. The van der Waals surface area contributed by atoms with Gasteiger partial charge in [-0.3, -0.25) is 0 Å². The van der Waals surface area contributed by atoms with Crippen LogP contribution < -0.4 is 0 Å². The van der Waals surface area contributed by atoms with Crippen LogP contribution in [0.15, 0.2) is 0 Å². The summed E-state index contributed by atoms with van der Waals surface area (Å²) in [5, 5.41) is 0. The Kier molecular flexibility index (Phi) is 23.9. The molecule has 2 nitrogen and oxygen atoms in total. The predicted octanol–water partition coefficient (Wildman–Crippen LogP) is 2.24. The molecular weight excluding hydrogens is 371 g/mol. The molecule has 2 N–H and O–H groups in total. The van der Waals surface area contributed by atoms with E-state index in [0.29, 0.717) is 13.1 Å². The van der Waals surface area contributed by atoms with Gasteiger partial charge in [-0.25, -0.2) is 0 Å². The molecule has 0 saturated carbocycles. The van der Waals surface area contributed by atoms with Crippen LogP contribution in [0.1, 0.15) is 0 Å². The monoisotopic (exact) mass is 381 g/mol. The Morgan fingerprint density at radius 3 is 2.30 bits per heavy atom. The third kappa shape index (κ3) is 16.3. The summed E-state index contributed by atoms with van der Waals surface area (Å²) in [5.41, 5.74) is 13.5. The maximum Gasteiger partial charge on any atom is 0.0987 e. The first kappa shape index (κ1) is 14.1. The summed E-state index contributed by atoms with van der Waals surface area (Å²) < 4.78 is 0. The van der Waals surface area contributed by atoms with Crippen molar-refractivity contribution < 1.29 is 18.8 Å². The summed E-state index contributed by atoms with van der Waals surface area (Å²) >= 11 is 1.61. The van der Waals surface area contributed by atoms with Crippen LogP contribution in [-0.2, 0) is 29.6 Å². The quantitative estimate of drug-likeness (QED) is 0.312. The van der Waals surface area contributed by atoms with Gasteiger partial charge < -0.3 is 11.5 Å². The van der Waals surface area contributed by atoms with E-state index in [9.17, 15) is 0 Å². The molecule has 0 heterocycles. The Bertz CT molecular complexity index is 46.2. The van der Waals surface area contributed by atoms with E-state index in [1.165, 1.54) is 10.8 Å². The maximum atomic E-state index is 6.77. The second kappa shape index (κ2) is 16.9. The zero-order chi connectivity index (χ0) is 8.24. The SMILES string of the molecule is [Cl][Pt].[NH-]CCS[SH+]CC[NH-]. The summed E-state index contributed by atoms with van der Waals surface area (Å²) in [6.45, 7) is 1.03. The minimum Gasteiger partial charge on any atom is -0.677 e. The molecule has 0 aliphatic rings. The molecule has 0 fully saturated rings. The predicted molar refractivity (Wildman–Crippen MR) is 50.3 cm³/mol. The summed E-state index contributed by atoms with van der Waals surface area (Å²) in [4.78, 5) is 0. The maximum absolute atomic E-state index is 6.77. The molecule has 0 amide bonds. The first-order valence-corrected chi connectivity index (χ1v) is 8.10. The number of hydrogen-bond acceptors (Lipinski definition) is 1. The number of halogens is 1. The average Bonchev–Trinajstić information content (AvgIpc) is 2.02. The van der Waals surface area contributed by atoms with Crippen molar-refractivity contribution in [2.45, 2.75) is 0 Å². The first-order chi connectivity index (χ1) is 4.91. The first-order valence-electron chi connectivity index (χ1n) is 2.61. The fourth-order valence-electron chi connectivity index (χ4n) is 0.220. The molecule has 0 aromatic carbocycles. The van der Waals surface area contributed by atoms with Gasteiger partial charge in [0.15, 0.2) is 0 Å². The van der Waals surface area contributed by atoms with Crippen LogP contribution in [0, 0.1) is 0 Å². The number of rotatable bonds is 5. The number of hydrogen-bond donors (Lipinski definition) is 0. The number of nitrogens with one attached hydrogen (secondary N) is 2. The van der Waals surface area contributed by atoms with E-state index >= 15 is 0 Å². The molecule has 0 spiro atoms. The van der Waals surface area contributed by atoms with Crippen molar-refractivity contribution in [3.63, 3.8) is 0 Å². The molecule has 0 bridgehead atoms. The van der Waals surface area contributed by atoms with Crippen LogP contribution in [0.2, 0.25) is 0 Å². The Hall–Kier alpha value is 1.60. The van der Waals surface area contributed by atoms with E-state index in [1.807, 2.05) is 0 Å². The van der Waals surface area contributed by atoms with Crippen molar-refractivity contribution in [1.82, 2.24) is 0 Å². The standard InChI is InChI=1S/C4H10N2S2.ClH.Pt/c5-1-3-7-8-4-2-6;;/h5-6H,1-4H2;1H;/q-2;;+1. The van der Waals surface area contributed by atoms with Crippen LogP contribution in [0.4, 0.5) is 0 Å². The number of thiol groups is 1. The molecular formula is C4H11ClN2PtS2-. The van der Waals surface area contributed by atoms with E-state index < -0.39 is 0 Å². The summed E-state index contributed by atoms with van der Waals surface area (Å²) in [6.07, 6.45) is 0. The zero-order valence-electron chi connectivity index (χ0n) is 5.38. The van der Waals surface area contributed by atoms with Crippen molar-refractivity contribution in [1.29, 1.82) is 0 Å². The third-order valence-corrected chi connectivity index (χ3v) is 3.11. The molecule has 10 heavy (non-hydrogen) atoms. The molecule has 0 unspecified atom stereocenters. The molecule has 0 radical (unpaired) electrons. The van der Waals surface area contributed by atoms with E-state index in [-0.39, 0.29) is 0 Å². The Labute approximate surface area is 85.4 Å². The summed E-state index contributed by atoms with van der Waals surface area (Å²) in [6, 6.07) is 0. The fraction of sp³-hybridized carbons (Fsp3) is 1.00. The second-order valence-electron chi connectivity index (χ2n) is 1.19. The second-order valence-corrected chi connectivity index (χ2v) is 4.11. The van der Waals surface area contributed by atoms with E-state index in [4.69, 9.17) is 11.5 Å². The van der Waals surface area contributed by atoms with Crippen LogP contribution in [0.3, 0.4) is 0 Å². The van der Waals surface area contributed by atoms with Crippen molar-refractivity contribution in [2.75, 3.05) is 24.6 Å². The van der Waals surface area contributed by atoms with Gasteiger partial charge in [0.05, 0.1) is 16.5 Å². The van der Waals surface area contributed by atoms with E-state index in [0.717, 1.165) is 11.5 Å². The van der Waals surface area contributed by atoms with Gasteiger partial charge in [0.2, 0.25) is 0 Å². The summed E-state index contributed by atoms with van der Waals surface area (Å²) in [5.74, 6) is 1.87. The van der Waals surface area contributed by atoms with Gasteiger partial charge in [-0.1, -0.05) is 0 Å². The molecule has 0 saturated heterocycles. The Morgan fingerprint density at radius 1 is 1.30 bits per heavy atom. The normalized spacial score (nSPS) is 8.50. The molecule has 0 atom stereocenters. The van der Waals surface area contributed by atoms with Gasteiger partial charge in [0.25, 0.3) is 0 Å². The Balaban J connectivity index is 0. The average molecular weight is 382 g/mol. The molecule has 6 heteroatoms. The topological polar surface area (TPSA) is 47.6 Å². The molecule has 0 aliphatic heterocycles. The van der Waals surface area contributed by atoms with Crippen LogP contribution in [0.5, 0.6) is 0 Å².